The number of aliphatic carboxylic acids is 1. The molecule has 0 aromatic rings. The zero-order valence-corrected chi connectivity index (χ0v) is 10.4. The Morgan fingerprint density at radius 1 is 1.42 bits per heavy atom. The summed E-state index contributed by atoms with van der Waals surface area (Å²) < 4.78 is 4.28. The summed E-state index contributed by atoms with van der Waals surface area (Å²) >= 11 is 0. The van der Waals surface area contributed by atoms with E-state index in [0.29, 0.717) is 0 Å². The third kappa shape index (κ3) is 6.10. The van der Waals surface area contributed by atoms with Crippen molar-refractivity contribution in [3.05, 3.63) is 0 Å². The van der Waals surface area contributed by atoms with Crippen LogP contribution in [0.25, 0.3) is 0 Å². The topological polar surface area (TPSA) is 83.8 Å². The summed E-state index contributed by atoms with van der Waals surface area (Å²) in [5.41, 5.74) is 0. The smallest absolute Gasteiger partial charge is 1.00 e. The van der Waals surface area contributed by atoms with Crippen molar-refractivity contribution < 1.29 is 77.4 Å². The molecular formula is C6H11KO5. The molecule has 0 saturated heterocycles. The number of carboxylic acids is 1. The maximum atomic E-state index is 10.5. The van der Waals surface area contributed by atoms with Gasteiger partial charge in [-0.1, -0.05) is 0 Å². The van der Waals surface area contributed by atoms with Crippen molar-refractivity contribution in [2.75, 3.05) is 0 Å². The fraction of sp³-hybridized carbons (Fsp3) is 0.667. The SMILES string of the molecule is CC(O)C(=O)OC(C)C(=O)O.[H-].[K+]. The van der Waals surface area contributed by atoms with Gasteiger partial charge in [-0.25, -0.2) is 9.59 Å². The Bertz CT molecular complexity index is 172. The minimum atomic E-state index is -1.28. The van der Waals surface area contributed by atoms with Crippen LogP contribution in [0.15, 0.2) is 0 Å². The molecule has 0 aliphatic heterocycles. The van der Waals surface area contributed by atoms with Gasteiger partial charge < -0.3 is 16.4 Å². The summed E-state index contributed by atoms with van der Waals surface area (Å²) in [6.07, 6.45) is -2.49. The maximum absolute atomic E-state index is 10.5. The van der Waals surface area contributed by atoms with Gasteiger partial charge in [0.25, 0.3) is 0 Å². The Labute approximate surface area is 114 Å². The van der Waals surface area contributed by atoms with E-state index in [4.69, 9.17) is 10.2 Å². The summed E-state index contributed by atoms with van der Waals surface area (Å²) in [5, 5.41) is 16.8. The molecule has 0 aromatic heterocycles. The van der Waals surface area contributed by atoms with Gasteiger partial charge in [-0.15, -0.1) is 0 Å². The molecule has 0 saturated carbocycles. The van der Waals surface area contributed by atoms with Crippen LogP contribution in [0, 0.1) is 0 Å². The second-order valence-electron chi connectivity index (χ2n) is 2.09. The van der Waals surface area contributed by atoms with E-state index in [2.05, 4.69) is 4.74 Å². The van der Waals surface area contributed by atoms with Crippen LogP contribution < -0.4 is 51.4 Å². The first-order valence-corrected chi connectivity index (χ1v) is 3.06. The first-order chi connectivity index (χ1) is 4.95. The Morgan fingerprint density at radius 2 is 1.83 bits per heavy atom. The minimum Gasteiger partial charge on any atom is -1.00 e. The molecule has 0 bridgehead atoms. The van der Waals surface area contributed by atoms with Gasteiger partial charge in [0.15, 0.2) is 6.10 Å². The molecule has 12 heavy (non-hydrogen) atoms. The van der Waals surface area contributed by atoms with Crippen molar-refractivity contribution in [1.29, 1.82) is 0 Å². The molecule has 0 aromatic carbocycles. The monoisotopic (exact) mass is 202 g/mol. The minimum absolute atomic E-state index is 0. The molecule has 0 spiro atoms. The van der Waals surface area contributed by atoms with E-state index in [-0.39, 0.29) is 52.8 Å². The van der Waals surface area contributed by atoms with Gasteiger partial charge >= 0.3 is 63.3 Å². The van der Waals surface area contributed by atoms with Crippen molar-refractivity contribution >= 4 is 11.9 Å². The first-order valence-electron chi connectivity index (χ1n) is 3.06. The van der Waals surface area contributed by atoms with Crippen LogP contribution >= 0.6 is 0 Å². The van der Waals surface area contributed by atoms with E-state index < -0.39 is 24.1 Å². The van der Waals surface area contributed by atoms with Crippen LogP contribution in [0.4, 0.5) is 0 Å². The van der Waals surface area contributed by atoms with Crippen molar-refractivity contribution in [3.8, 4) is 0 Å². The fourth-order valence-corrected chi connectivity index (χ4v) is 0.323. The second-order valence-corrected chi connectivity index (χ2v) is 2.09. The zero-order valence-electron chi connectivity index (χ0n) is 8.27. The van der Waals surface area contributed by atoms with Gasteiger partial charge in [-0.3, -0.25) is 0 Å². The molecule has 0 aliphatic carbocycles. The van der Waals surface area contributed by atoms with Crippen LogP contribution in [0.1, 0.15) is 15.3 Å². The molecular weight excluding hydrogens is 191 g/mol. The summed E-state index contributed by atoms with van der Waals surface area (Å²) in [6, 6.07) is 0. The van der Waals surface area contributed by atoms with Crippen molar-refractivity contribution in [3.63, 3.8) is 0 Å². The number of carbonyl (C=O) groups is 2. The van der Waals surface area contributed by atoms with E-state index in [9.17, 15) is 9.59 Å². The van der Waals surface area contributed by atoms with E-state index >= 15 is 0 Å². The van der Waals surface area contributed by atoms with Gasteiger partial charge in [-0.2, -0.15) is 0 Å². The maximum Gasteiger partial charge on any atom is 1.00 e. The number of rotatable bonds is 3. The number of carbonyl (C=O) groups excluding carboxylic acids is 1. The molecule has 0 heterocycles. The molecule has 0 radical (unpaired) electrons. The molecule has 5 nitrogen and oxygen atoms in total. The Balaban J connectivity index is -0.000000500. The number of carboxylic acid groups (broad SMARTS) is 1. The predicted octanol–water partition coefficient (Wildman–Crippen LogP) is -3.50. The summed E-state index contributed by atoms with van der Waals surface area (Å²) in [4.78, 5) is 20.6. The molecule has 6 heteroatoms. The van der Waals surface area contributed by atoms with E-state index in [1.807, 2.05) is 0 Å². The van der Waals surface area contributed by atoms with Gasteiger partial charge in [0.1, 0.15) is 6.10 Å². The molecule has 0 amide bonds. The van der Waals surface area contributed by atoms with Crippen LogP contribution in [0.3, 0.4) is 0 Å². The van der Waals surface area contributed by atoms with Gasteiger partial charge in [0.05, 0.1) is 0 Å². The normalized spacial score (nSPS) is 13.9. The number of hydrogen-bond acceptors (Lipinski definition) is 4. The van der Waals surface area contributed by atoms with E-state index in [1.54, 1.807) is 0 Å². The molecule has 0 rings (SSSR count). The Hall–Kier alpha value is 0.536. The van der Waals surface area contributed by atoms with Gasteiger partial charge in [0, 0.05) is 0 Å². The molecule has 0 fully saturated rings. The summed E-state index contributed by atoms with van der Waals surface area (Å²) in [7, 11) is 0. The third-order valence-electron chi connectivity index (χ3n) is 0.982. The molecule has 2 atom stereocenters. The van der Waals surface area contributed by atoms with Crippen molar-refractivity contribution in [1.82, 2.24) is 0 Å². The number of hydrogen-bond donors (Lipinski definition) is 2. The average molecular weight is 202 g/mol. The Kier molecular flexibility index (Phi) is 8.75. The van der Waals surface area contributed by atoms with E-state index in [0.717, 1.165) is 0 Å². The number of aliphatic hydroxyl groups is 1. The fourth-order valence-electron chi connectivity index (χ4n) is 0.323. The van der Waals surface area contributed by atoms with Crippen molar-refractivity contribution in [2.24, 2.45) is 0 Å². The number of ether oxygens (including phenoxy) is 1. The third-order valence-corrected chi connectivity index (χ3v) is 0.982. The number of esters is 1. The van der Waals surface area contributed by atoms with Crippen LogP contribution in [0.2, 0.25) is 0 Å². The zero-order chi connectivity index (χ0) is 9.02. The van der Waals surface area contributed by atoms with Crippen LogP contribution in [-0.4, -0.2) is 34.4 Å². The van der Waals surface area contributed by atoms with Gasteiger partial charge in [0.2, 0.25) is 0 Å². The number of aliphatic hydroxyl groups excluding tert-OH is 1. The quantitative estimate of drug-likeness (QED) is 0.366. The molecule has 0 aliphatic rings. The average Bonchev–Trinajstić information content (AvgIpc) is 1.87. The van der Waals surface area contributed by atoms with Crippen LogP contribution in [-0.2, 0) is 14.3 Å². The Morgan fingerprint density at radius 3 is 2.08 bits per heavy atom. The summed E-state index contributed by atoms with van der Waals surface area (Å²) in [5.74, 6) is -2.17. The summed E-state index contributed by atoms with van der Waals surface area (Å²) in [6.45, 7) is 2.42. The van der Waals surface area contributed by atoms with Crippen molar-refractivity contribution in [2.45, 2.75) is 26.1 Å². The molecule has 66 valence electrons. The second kappa shape index (κ2) is 6.99. The largest absolute Gasteiger partial charge is 1.00 e. The standard InChI is InChI=1S/C6H10O5.K.H/c1-3(7)6(10)11-4(2)5(8)9;;/h3-4,7H,1-2H3,(H,8,9);;/q;+1;-1. The van der Waals surface area contributed by atoms with Crippen LogP contribution in [0.5, 0.6) is 0 Å². The predicted molar refractivity (Wildman–Crippen MR) is 36.0 cm³/mol. The molecule has 2 N–H and O–H groups in total. The van der Waals surface area contributed by atoms with E-state index in [1.165, 1.54) is 13.8 Å². The first kappa shape index (κ1) is 15.0. The molecule has 2 unspecified atom stereocenters. The van der Waals surface area contributed by atoms with Gasteiger partial charge in [-0.05, 0) is 13.8 Å².